The summed E-state index contributed by atoms with van der Waals surface area (Å²) in [7, 11) is 0. The molecule has 1 aromatic rings. The zero-order chi connectivity index (χ0) is 15.9. The van der Waals surface area contributed by atoms with Gasteiger partial charge in [-0.05, 0) is 43.5 Å². The summed E-state index contributed by atoms with van der Waals surface area (Å²) in [5.74, 6) is 0.229. The first-order chi connectivity index (χ1) is 10.6. The number of hydrogen-bond donors (Lipinski definition) is 1. The SMILES string of the molecule is CCCCC(=O)N1CCC(C(=O)Nc2ccc(Cl)cc2)CC1. The number of carbonyl (C=O) groups is 2. The quantitative estimate of drug-likeness (QED) is 0.898. The smallest absolute Gasteiger partial charge is 0.227 e. The molecule has 1 saturated heterocycles. The van der Waals surface area contributed by atoms with Crippen LogP contribution in [0.2, 0.25) is 5.02 Å². The standard InChI is InChI=1S/C17H23ClN2O2/c1-2-3-4-16(21)20-11-9-13(10-12-20)17(22)19-15-7-5-14(18)6-8-15/h5-8,13H,2-4,9-12H2,1H3,(H,19,22). The molecule has 22 heavy (non-hydrogen) atoms. The highest BCUT2D eigenvalue weighted by Crippen LogP contribution is 2.21. The highest BCUT2D eigenvalue weighted by atomic mass is 35.5. The van der Waals surface area contributed by atoms with Gasteiger partial charge in [-0.3, -0.25) is 9.59 Å². The number of hydrogen-bond acceptors (Lipinski definition) is 2. The largest absolute Gasteiger partial charge is 0.343 e. The molecule has 1 aliphatic rings. The topological polar surface area (TPSA) is 49.4 Å². The van der Waals surface area contributed by atoms with E-state index >= 15 is 0 Å². The number of unbranched alkanes of at least 4 members (excludes halogenated alkanes) is 1. The Hall–Kier alpha value is -1.55. The molecular formula is C17H23ClN2O2. The van der Waals surface area contributed by atoms with E-state index in [9.17, 15) is 9.59 Å². The lowest BCUT2D eigenvalue weighted by atomic mass is 9.95. The normalized spacial score (nSPS) is 15.6. The highest BCUT2D eigenvalue weighted by molar-refractivity contribution is 6.30. The third-order valence-electron chi connectivity index (χ3n) is 4.07. The van der Waals surface area contributed by atoms with Crippen molar-refractivity contribution in [2.24, 2.45) is 5.92 Å². The summed E-state index contributed by atoms with van der Waals surface area (Å²) in [6.07, 6.45) is 4.06. The second-order valence-electron chi connectivity index (χ2n) is 5.75. The summed E-state index contributed by atoms with van der Waals surface area (Å²) in [5, 5.41) is 3.57. The Kier molecular flexibility index (Phi) is 6.25. The maximum Gasteiger partial charge on any atom is 0.227 e. The Balaban J connectivity index is 1.79. The van der Waals surface area contributed by atoms with Gasteiger partial charge in [0.15, 0.2) is 0 Å². The summed E-state index contributed by atoms with van der Waals surface area (Å²) in [4.78, 5) is 26.1. The van der Waals surface area contributed by atoms with E-state index in [2.05, 4.69) is 12.2 Å². The van der Waals surface area contributed by atoms with Crippen LogP contribution in [0, 0.1) is 5.92 Å². The van der Waals surface area contributed by atoms with Gasteiger partial charge in [-0.2, -0.15) is 0 Å². The van der Waals surface area contributed by atoms with E-state index < -0.39 is 0 Å². The van der Waals surface area contributed by atoms with Gasteiger partial charge in [0.1, 0.15) is 0 Å². The van der Waals surface area contributed by atoms with Gasteiger partial charge in [-0.25, -0.2) is 0 Å². The van der Waals surface area contributed by atoms with Crippen molar-refractivity contribution in [1.82, 2.24) is 4.90 Å². The van der Waals surface area contributed by atoms with E-state index in [1.165, 1.54) is 0 Å². The van der Waals surface area contributed by atoms with Crippen molar-refractivity contribution < 1.29 is 9.59 Å². The minimum atomic E-state index is -0.0223. The Morgan fingerprint density at radius 1 is 1.23 bits per heavy atom. The molecule has 1 aliphatic heterocycles. The average Bonchev–Trinajstić information content (AvgIpc) is 2.55. The molecule has 0 radical (unpaired) electrons. The third-order valence-corrected chi connectivity index (χ3v) is 4.33. The Morgan fingerprint density at radius 2 is 1.86 bits per heavy atom. The van der Waals surface area contributed by atoms with Crippen LogP contribution in [-0.2, 0) is 9.59 Å². The fourth-order valence-electron chi connectivity index (χ4n) is 2.65. The van der Waals surface area contributed by atoms with Crippen molar-refractivity contribution >= 4 is 29.1 Å². The van der Waals surface area contributed by atoms with Gasteiger partial charge in [0.25, 0.3) is 0 Å². The second-order valence-corrected chi connectivity index (χ2v) is 6.19. The number of anilines is 1. The number of nitrogens with one attached hydrogen (secondary N) is 1. The van der Waals surface area contributed by atoms with E-state index in [0.29, 0.717) is 24.5 Å². The van der Waals surface area contributed by atoms with Crippen molar-refractivity contribution in [3.63, 3.8) is 0 Å². The summed E-state index contributed by atoms with van der Waals surface area (Å²) >= 11 is 5.83. The number of halogens is 1. The first-order valence-electron chi connectivity index (χ1n) is 7.94. The van der Waals surface area contributed by atoms with E-state index in [-0.39, 0.29) is 17.7 Å². The number of carbonyl (C=O) groups excluding carboxylic acids is 2. The summed E-state index contributed by atoms with van der Waals surface area (Å²) in [6, 6.07) is 7.10. The zero-order valence-electron chi connectivity index (χ0n) is 13.0. The van der Waals surface area contributed by atoms with Crippen molar-refractivity contribution in [1.29, 1.82) is 0 Å². The van der Waals surface area contributed by atoms with Gasteiger partial charge in [-0.15, -0.1) is 0 Å². The van der Waals surface area contributed by atoms with Gasteiger partial charge in [0.2, 0.25) is 11.8 Å². The lowest BCUT2D eigenvalue weighted by Crippen LogP contribution is -2.41. The molecule has 1 N–H and O–H groups in total. The number of benzene rings is 1. The van der Waals surface area contributed by atoms with Crippen molar-refractivity contribution in [3.05, 3.63) is 29.3 Å². The number of likely N-dealkylation sites (tertiary alicyclic amines) is 1. The van der Waals surface area contributed by atoms with E-state index in [1.807, 2.05) is 4.90 Å². The summed E-state index contributed by atoms with van der Waals surface area (Å²) in [5.41, 5.74) is 0.760. The van der Waals surface area contributed by atoms with Crippen molar-refractivity contribution in [2.45, 2.75) is 39.0 Å². The second kappa shape index (κ2) is 8.18. The molecule has 5 heteroatoms. The molecule has 0 atom stereocenters. The molecule has 0 saturated carbocycles. The van der Waals surface area contributed by atoms with Crippen LogP contribution in [0.5, 0.6) is 0 Å². The Bertz CT molecular complexity index is 508. The molecule has 1 aromatic carbocycles. The summed E-state index contributed by atoms with van der Waals surface area (Å²) in [6.45, 7) is 3.45. The molecule has 2 rings (SSSR count). The molecular weight excluding hydrogens is 300 g/mol. The maximum absolute atomic E-state index is 12.3. The number of amides is 2. The minimum absolute atomic E-state index is 0.0223. The first-order valence-corrected chi connectivity index (χ1v) is 8.32. The van der Waals surface area contributed by atoms with Crippen molar-refractivity contribution in [3.8, 4) is 0 Å². The molecule has 1 fully saturated rings. The number of rotatable bonds is 5. The predicted molar refractivity (Wildman–Crippen MR) is 88.9 cm³/mol. The Labute approximate surface area is 136 Å². The Morgan fingerprint density at radius 3 is 2.45 bits per heavy atom. The van der Waals surface area contributed by atoms with E-state index in [0.717, 1.165) is 31.4 Å². The van der Waals surface area contributed by atoms with Gasteiger partial charge in [0, 0.05) is 36.1 Å². The van der Waals surface area contributed by atoms with Gasteiger partial charge < -0.3 is 10.2 Å². The van der Waals surface area contributed by atoms with Gasteiger partial charge in [-0.1, -0.05) is 24.9 Å². The molecule has 2 amide bonds. The lowest BCUT2D eigenvalue weighted by Gasteiger charge is -2.31. The van der Waals surface area contributed by atoms with Gasteiger partial charge >= 0.3 is 0 Å². The summed E-state index contributed by atoms with van der Waals surface area (Å²) < 4.78 is 0. The fourth-order valence-corrected chi connectivity index (χ4v) is 2.78. The van der Waals surface area contributed by atoms with E-state index in [4.69, 9.17) is 11.6 Å². The molecule has 0 bridgehead atoms. The molecule has 0 aromatic heterocycles. The lowest BCUT2D eigenvalue weighted by molar-refractivity contribution is -0.134. The average molecular weight is 323 g/mol. The van der Waals surface area contributed by atoms with Crippen LogP contribution in [0.25, 0.3) is 0 Å². The maximum atomic E-state index is 12.3. The van der Waals surface area contributed by atoms with Crippen LogP contribution in [0.3, 0.4) is 0 Å². The third kappa shape index (κ3) is 4.73. The van der Waals surface area contributed by atoms with Crippen LogP contribution in [0.15, 0.2) is 24.3 Å². The fraction of sp³-hybridized carbons (Fsp3) is 0.529. The van der Waals surface area contributed by atoms with Gasteiger partial charge in [0.05, 0.1) is 0 Å². The highest BCUT2D eigenvalue weighted by Gasteiger charge is 2.26. The van der Waals surface area contributed by atoms with Crippen LogP contribution >= 0.6 is 11.6 Å². The van der Waals surface area contributed by atoms with Crippen LogP contribution in [0.4, 0.5) is 5.69 Å². The van der Waals surface area contributed by atoms with Crippen molar-refractivity contribution in [2.75, 3.05) is 18.4 Å². The molecule has 120 valence electrons. The van der Waals surface area contributed by atoms with Crippen LogP contribution < -0.4 is 5.32 Å². The molecule has 0 spiro atoms. The molecule has 1 heterocycles. The monoisotopic (exact) mass is 322 g/mol. The van der Waals surface area contributed by atoms with E-state index in [1.54, 1.807) is 24.3 Å². The van der Waals surface area contributed by atoms with Crippen LogP contribution in [-0.4, -0.2) is 29.8 Å². The van der Waals surface area contributed by atoms with Crippen LogP contribution in [0.1, 0.15) is 39.0 Å². The minimum Gasteiger partial charge on any atom is -0.343 e. The first kappa shape index (κ1) is 16.8. The molecule has 0 aliphatic carbocycles. The predicted octanol–water partition coefficient (Wildman–Crippen LogP) is 3.71. The zero-order valence-corrected chi connectivity index (χ0v) is 13.7. The molecule has 0 unspecified atom stereocenters. The molecule has 4 nitrogen and oxygen atoms in total. The number of piperidine rings is 1. The number of nitrogens with zero attached hydrogens (tertiary/aromatic N) is 1.